The molecule has 1 aromatic rings. The molecular formula is C16H24O2. The number of rotatable bonds is 9. The van der Waals surface area contributed by atoms with E-state index in [0.717, 1.165) is 12.0 Å². The Morgan fingerprint density at radius 1 is 1.06 bits per heavy atom. The van der Waals surface area contributed by atoms with Crippen LogP contribution in [0.1, 0.15) is 54.9 Å². The summed E-state index contributed by atoms with van der Waals surface area (Å²) in [5.74, 6) is 0.0727. The van der Waals surface area contributed by atoms with Crippen LogP contribution in [-0.2, 0) is 4.74 Å². The zero-order valence-corrected chi connectivity index (χ0v) is 11.6. The third kappa shape index (κ3) is 5.97. The van der Waals surface area contributed by atoms with E-state index in [1.165, 1.54) is 31.2 Å². The zero-order valence-electron chi connectivity index (χ0n) is 11.6. The van der Waals surface area contributed by atoms with Crippen molar-refractivity contribution in [1.29, 1.82) is 0 Å². The summed E-state index contributed by atoms with van der Waals surface area (Å²) in [7, 11) is 0. The lowest BCUT2D eigenvalue weighted by molar-refractivity contribution is 0.0752. The van der Waals surface area contributed by atoms with E-state index in [4.69, 9.17) is 4.74 Å². The number of carbonyl (C=O) groups excluding carboxylic acids is 1. The van der Waals surface area contributed by atoms with Gasteiger partial charge in [-0.2, -0.15) is 0 Å². The molecule has 0 fully saturated rings. The van der Waals surface area contributed by atoms with Gasteiger partial charge in [-0.25, -0.2) is 0 Å². The Balaban J connectivity index is 2.12. The third-order valence-electron chi connectivity index (χ3n) is 3.00. The van der Waals surface area contributed by atoms with Gasteiger partial charge in [0.05, 0.1) is 0 Å². The molecule has 0 atom stereocenters. The maximum absolute atomic E-state index is 11.8. The Hall–Kier alpha value is -1.15. The van der Waals surface area contributed by atoms with E-state index >= 15 is 0 Å². The predicted molar refractivity (Wildman–Crippen MR) is 75.1 cm³/mol. The number of carbonyl (C=O) groups is 1. The summed E-state index contributed by atoms with van der Waals surface area (Å²) in [6, 6.07) is 7.64. The molecule has 0 saturated heterocycles. The van der Waals surface area contributed by atoms with Crippen molar-refractivity contribution < 1.29 is 9.53 Å². The van der Waals surface area contributed by atoms with Crippen LogP contribution >= 0.6 is 0 Å². The number of hydrogen-bond donors (Lipinski definition) is 0. The van der Waals surface area contributed by atoms with E-state index in [1.54, 1.807) is 0 Å². The monoisotopic (exact) mass is 248 g/mol. The number of ketones is 1. The fourth-order valence-corrected chi connectivity index (χ4v) is 1.80. The molecular weight excluding hydrogens is 224 g/mol. The topological polar surface area (TPSA) is 26.3 Å². The Labute approximate surface area is 110 Å². The highest BCUT2D eigenvalue weighted by Gasteiger charge is 2.04. The molecule has 100 valence electrons. The molecule has 0 aliphatic rings. The minimum atomic E-state index is 0.0727. The van der Waals surface area contributed by atoms with Crippen LogP contribution in [0, 0.1) is 6.92 Å². The molecule has 0 N–H and O–H groups in total. The van der Waals surface area contributed by atoms with E-state index in [0.29, 0.717) is 6.61 Å². The summed E-state index contributed by atoms with van der Waals surface area (Å²) in [6.07, 6.45) is 6.08. The molecule has 0 heterocycles. The summed E-state index contributed by atoms with van der Waals surface area (Å²) in [5.41, 5.74) is 1.91. The van der Waals surface area contributed by atoms with E-state index < -0.39 is 0 Å². The average molecular weight is 248 g/mol. The van der Waals surface area contributed by atoms with Gasteiger partial charge < -0.3 is 4.74 Å². The van der Waals surface area contributed by atoms with Gasteiger partial charge in [0.15, 0.2) is 5.78 Å². The van der Waals surface area contributed by atoms with Gasteiger partial charge in [0.25, 0.3) is 0 Å². The Morgan fingerprint density at radius 3 is 2.39 bits per heavy atom. The van der Waals surface area contributed by atoms with Gasteiger partial charge >= 0.3 is 0 Å². The minimum absolute atomic E-state index is 0.0727. The van der Waals surface area contributed by atoms with Gasteiger partial charge in [-0.1, -0.05) is 62.4 Å². The van der Waals surface area contributed by atoms with E-state index in [1.807, 2.05) is 31.2 Å². The number of hydrogen-bond acceptors (Lipinski definition) is 2. The van der Waals surface area contributed by atoms with Crippen LogP contribution in [-0.4, -0.2) is 19.0 Å². The van der Waals surface area contributed by atoms with Gasteiger partial charge in [0.1, 0.15) is 6.61 Å². The maximum atomic E-state index is 11.8. The number of aryl methyl sites for hydroxylation is 1. The molecule has 0 saturated carbocycles. The predicted octanol–water partition coefficient (Wildman–Crippen LogP) is 4.16. The first kappa shape index (κ1) is 14.9. The van der Waals surface area contributed by atoms with Crippen LogP contribution in [0.2, 0.25) is 0 Å². The lowest BCUT2D eigenvalue weighted by Crippen LogP contribution is -2.09. The maximum Gasteiger partial charge on any atom is 0.188 e. The highest BCUT2D eigenvalue weighted by atomic mass is 16.5. The van der Waals surface area contributed by atoms with E-state index in [9.17, 15) is 4.79 Å². The second kappa shape index (κ2) is 8.87. The fourth-order valence-electron chi connectivity index (χ4n) is 1.80. The van der Waals surface area contributed by atoms with Crippen molar-refractivity contribution in [2.75, 3.05) is 13.2 Å². The highest BCUT2D eigenvalue weighted by molar-refractivity contribution is 5.97. The van der Waals surface area contributed by atoms with Gasteiger partial charge in [0.2, 0.25) is 0 Å². The van der Waals surface area contributed by atoms with Crippen molar-refractivity contribution in [3.05, 3.63) is 35.4 Å². The zero-order chi connectivity index (χ0) is 13.2. The largest absolute Gasteiger partial charge is 0.373 e. The summed E-state index contributed by atoms with van der Waals surface area (Å²) in [5, 5.41) is 0. The van der Waals surface area contributed by atoms with E-state index in [-0.39, 0.29) is 12.4 Å². The van der Waals surface area contributed by atoms with Crippen LogP contribution in [0.3, 0.4) is 0 Å². The van der Waals surface area contributed by atoms with Crippen molar-refractivity contribution in [1.82, 2.24) is 0 Å². The molecule has 0 unspecified atom stereocenters. The first-order chi connectivity index (χ1) is 8.74. The molecule has 0 aliphatic carbocycles. The van der Waals surface area contributed by atoms with Crippen LogP contribution in [0.4, 0.5) is 0 Å². The Morgan fingerprint density at radius 2 is 1.72 bits per heavy atom. The van der Waals surface area contributed by atoms with E-state index in [2.05, 4.69) is 6.92 Å². The van der Waals surface area contributed by atoms with Crippen molar-refractivity contribution in [2.24, 2.45) is 0 Å². The number of benzene rings is 1. The van der Waals surface area contributed by atoms with Crippen LogP contribution < -0.4 is 0 Å². The van der Waals surface area contributed by atoms with Gasteiger partial charge in [-0.3, -0.25) is 4.79 Å². The first-order valence-electron chi connectivity index (χ1n) is 6.91. The van der Waals surface area contributed by atoms with Crippen molar-refractivity contribution in [3.8, 4) is 0 Å². The second-order valence-electron chi connectivity index (χ2n) is 4.76. The molecule has 1 rings (SSSR count). The van der Waals surface area contributed by atoms with Crippen molar-refractivity contribution in [3.63, 3.8) is 0 Å². The summed E-state index contributed by atoms with van der Waals surface area (Å²) >= 11 is 0. The van der Waals surface area contributed by atoms with Gasteiger partial charge in [0, 0.05) is 12.2 Å². The molecule has 2 nitrogen and oxygen atoms in total. The van der Waals surface area contributed by atoms with Crippen LogP contribution in [0.15, 0.2) is 24.3 Å². The van der Waals surface area contributed by atoms with Gasteiger partial charge in [-0.05, 0) is 13.3 Å². The molecule has 0 bridgehead atoms. The highest BCUT2D eigenvalue weighted by Crippen LogP contribution is 2.05. The quantitative estimate of drug-likeness (QED) is 0.484. The summed E-state index contributed by atoms with van der Waals surface area (Å²) in [6.45, 7) is 5.12. The second-order valence-corrected chi connectivity index (χ2v) is 4.76. The normalized spacial score (nSPS) is 10.6. The summed E-state index contributed by atoms with van der Waals surface area (Å²) in [4.78, 5) is 11.8. The average Bonchev–Trinajstić information content (AvgIpc) is 2.38. The summed E-state index contributed by atoms with van der Waals surface area (Å²) < 4.78 is 5.41. The molecule has 0 spiro atoms. The fraction of sp³-hybridized carbons (Fsp3) is 0.562. The first-order valence-corrected chi connectivity index (χ1v) is 6.91. The molecule has 18 heavy (non-hydrogen) atoms. The molecule has 2 heteroatoms. The lowest BCUT2D eigenvalue weighted by atomic mass is 10.1. The Kier molecular flexibility index (Phi) is 7.35. The molecule has 0 aliphatic heterocycles. The van der Waals surface area contributed by atoms with Crippen LogP contribution in [0.25, 0.3) is 0 Å². The van der Waals surface area contributed by atoms with Crippen molar-refractivity contribution in [2.45, 2.75) is 46.0 Å². The molecule has 1 aromatic carbocycles. The SMILES string of the molecule is CCCCCCCOCC(=O)c1ccc(C)cc1. The molecule has 0 aromatic heterocycles. The molecule has 0 amide bonds. The number of ether oxygens (including phenoxy) is 1. The smallest absolute Gasteiger partial charge is 0.188 e. The standard InChI is InChI=1S/C16H24O2/c1-3-4-5-6-7-12-18-13-16(17)15-10-8-14(2)9-11-15/h8-11H,3-7,12-13H2,1-2H3. The van der Waals surface area contributed by atoms with Gasteiger partial charge in [-0.15, -0.1) is 0 Å². The van der Waals surface area contributed by atoms with Crippen LogP contribution in [0.5, 0.6) is 0 Å². The third-order valence-corrected chi connectivity index (χ3v) is 3.00. The number of Topliss-reactive ketones (excluding diaryl/α,β-unsaturated/α-hetero) is 1. The minimum Gasteiger partial charge on any atom is -0.373 e. The Bertz CT molecular complexity index is 341. The number of unbranched alkanes of at least 4 members (excludes halogenated alkanes) is 4. The van der Waals surface area contributed by atoms with Crippen molar-refractivity contribution >= 4 is 5.78 Å². The molecule has 0 radical (unpaired) electrons. The lowest BCUT2D eigenvalue weighted by Gasteiger charge is -2.04.